The van der Waals surface area contributed by atoms with Crippen LogP contribution < -0.4 is 15.5 Å². The van der Waals surface area contributed by atoms with Crippen LogP contribution in [0.3, 0.4) is 0 Å². The van der Waals surface area contributed by atoms with E-state index in [1.165, 1.54) is 0 Å². The molecule has 11 heteroatoms. The number of nitrogens with one attached hydrogen (secondary N) is 2. The van der Waals surface area contributed by atoms with Gasteiger partial charge in [-0.15, -0.1) is 5.10 Å². The van der Waals surface area contributed by atoms with E-state index < -0.39 is 12.4 Å². The number of benzodiazepines with no additional fused rings is 1. The molecule has 0 spiro atoms. The van der Waals surface area contributed by atoms with Crippen LogP contribution in [0.4, 0.5) is 17.5 Å². The number of aliphatic imine (C=N–C) groups is 1. The van der Waals surface area contributed by atoms with Gasteiger partial charge in [-0.05, 0) is 18.2 Å². The lowest BCUT2D eigenvalue weighted by molar-refractivity contribution is 0.122. The Morgan fingerprint density at radius 2 is 1.76 bits per heavy atom. The number of fused-ring (bicyclic) bond motifs is 1. The summed E-state index contributed by atoms with van der Waals surface area (Å²) in [6.07, 6.45) is -1.91. The second kappa shape index (κ2) is 10.3. The van der Waals surface area contributed by atoms with Gasteiger partial charge in [0, 0.05) is 29.9 Å². The highest BCUT2D eigenvalue weighted by molar-refractivity contribution is 6.16. The normalized spacial score (nSPS) is 18.9. The number of hydrogen-bond acceptors (Lipinski definition) is 11. The van der Waals surface area contributed by atoms with E-state index in [1.54, 1.807) is 12.1 Å². The molecule has 0 aliphatic carbocycles. The Labute approximate surface area is 218 Å². The van der Waals surface area contributed by atoms with Gasteiger partial charge in [-0.25, -0.2) is 4.98 Å². The van der Waals surface area contributed by atoms with Crippen molar-refractivity contribution in [3.8, 4) is 17.5 Å². The molecule has 0 amide bonds. The molecule has 2 aromatic carbocycles. The number of anilines is 3. The van der Waals surface area contributed by atoms with Crippen molar-refractivity contribution in [1.82, 2.24) is 15.2 Å². The van der Waals surface area contributed by atoms with Crippen LogP contribution in [0.15, 0.2) is 76.1 Å². The highest BCUT2D eigenvalue weighted by Crippen LogP contribution is 2.31. The van der Waals surface area contributed by atoms with Crippen molar-refractivity contribution in [1.29, 1.82) is 5.26 Å². The van der Waals surface area contributed by atoms with Crippen molar-refractivity contribution >= 4 is 23.2 Å². The maximum atomic E-state index is 11.0. The van der Waals surface area contributed by atoms with Gasteiger partial charge in [-0.3, -0.25) is 4.99 Å². The van der Waals surface area contributed by atoms with Crippen LogP contribution in [0.2, 0.25) is 0 Å². The van der Waals surface area contributed by atoms with E-state index in [0.29, 0.717) is 49.1 Å². The van der Waals surface area contributed by atoms with E-state index in [1.807, 2.05) is 59.5 Å². The second-order valence-electron chi connectivity index (χ2n) is 8.76. The van der Waals surface area contributed by atoms with Crippen LogP contribution in [0, 0.1) is 11.3 Å². The minimum atomic E-state index is -1.08. The maximum absolute atomic E-state index is 11.0. The van der Waals surface area contributed by atoms with Crippen LogP contribution in [-0.2, 0) is 4.74 Å². The standard InChI is InChI=1S/C27H24N8O3/c28-16-18-10-11-20(24(29-18)35-12-14-37-15-13-35)26-33-34-27(38-26)32-23-25(36)30-21-9-5-4-8-19(21)22(31-23)17-6-2-1-3-7-17/h1-11,23,25,30,36H,12-15H2,(H,32,34)/t23-,25?/m1/s1. The maximum Gasteiger partial charge on any atom is 0.317 e. The summed E-state index contributed by atoms with van der Waals surface area (Å²) in [6.45, 7) is 2.38. The monoisotopic (exact) mass is 508 g/mol. The summed E-state index contributed by atoms with van der Waals surface area (Å²) in [6, 6.07) is 23.0. The molecule has 0 radical (unpaired) electrons. The lowest BCUT2D eigenvalue weighted by Crippen LogP contribution is -2.37. The number of hydrogen-bond donors (Lipinski definition) is 3. The third kappa shape index (κ3) is 4.66. The van der Waals surface area contributed by atoms with E-state index in [9.17, 15) is 10.4 Å². The van der Waals surface area contributed by atoms with Gasteiger partial charge >= 0.3 is 6.01 Å². The van der Waals surface area contributed by atoms with Gasteiger partial charge in [0.2, 0.25) is 0 Å². The summed E-state index contributed by atoms with van der Waals surface area (Å²) in [5.41, 5.74) is 4.15. The van der Waals surface area contributed by atoms with Crippen LogP contribution in [0.25, 0.3) is 11.5 Å². The smallest absolute Gasteiger partial charge is 0.317 e. The number of para-hydroxylation sites is 1. The van der Waals surface area contributed by atoms with Crippen molar-refractivity contribution in [2.24, 2.45) is 4.99 Å². The summed E-state index contributed by atoms with van der Waals surface area (Å²) >= 11 is 0. The van der Waals surface area contributed by atoms with Crippen LogP contribution in [0.1, 0.15) is 16.8 Å². The van der Waals surface area contributed by atoms with Gasteiger partial charge in [0.25, 0.3) is 5.89 Å². The molecule has 2 aliphatic heterocycles. The fourth-order valence-electron chi connectivity index (χ4n) is 4.48. The fourth-order valence-corrected chi connectivity index (χ4v) is 4.48. The zero-order valence-corrected chi connectivity index (χ0v) is 20.3. The van der Waals surface area contributed by atoms with Gasteiger partial charge in [0.05, 0.1) is 24.5 Å². The number of aliphatic hydroxyl groups is 1. The Hall–Kier alpha value is -4.79. The summed E-state index contributed by atoms with van der Waals surface area (Å²) in [5, 5.41) is 34.9. The zero-order valence-electron chi connectivity index (χ0n) is 20.3. The molecule has 1 fully saturated rings. The molecular weight excluding hydrogens is 484 g/mol. The predicted octanol–water partition coefficient (Wildman–Crippen LogP) is 2.86. The number of pyridine rings is 1. The molecule has 4 heterocycles. The first kappa shape index (κ1) is 23.6. The van der Waals surface area contributed by atoms with E-state index in [-0.39, 0.29) is 11.9 Å². The Morgan fingerprint density at radius 3 is 2.58 bits per heavy atom. The average Bonchev–Trinajstić information content (AvgIpc) is 3.39. The van der Waals surface area contributed by atoms with Crippen molar-refractivity contribution < 1.29 is 14.3 Å². The van der Waals surface area contributed by atoms with Gasteiger partial charge in [-0.2, -0.15) is 5.26 Å². The van der Waals surface area contributed by atoms with Crippen LogP contribution in [-0.4, -0.2) is 64.7 Å². The van der Waals surface area contributed by atoms with Gasteiger partial charge < -0.3 is 29.8 Å². The minimum Gasteiger partial charge on any atom is -0.403 e. The molecular formula is C27H24N8O3. The molecule has 38 heavy (non-hydrogen) atoms. The number of morpholine rings is 1. The molecule has 0 saturated carbocycles. The van der Waals surface area contributed by atoms with E-state index in [0.717, 1.165) is 16.8 Å². The van der Waals surface area contributed by atoms with Gasteiger partial charge in [-0.1, -0.05) is 53.6 Å². The topological polar surface area (TPSA) is 145 Å². The molecule has 1 unspecified atom stereocenters. The molecule has 11 nitrogen and oxygen atoms in total. The lowest BCUT2D eigenvalue weighted by atomic mass is 10.0. The number of aliphatic hydroxyl groups excluding tert-OH is 1. The van der Waals surface area contributed by atoms with Crippen molar-refractivity contribution in [3.05, 3.63) is 83.6 Å². The van der Waals surface area contributed by atoms with Crippen molar-refractivity contribution in [3.63, 3.8) is 0 Å². The lowest BCUT2D eigenvalue weighted by Gasteiger charge is -2.28. The largest absolute Gasteiger partial charge is 0.403 e. The summed E-state index contributed by atoms with van der Waals surface area (Å²) in [5.74, 6) is 0.816. The number of nitrogens with zero attached hydrogens (tertiary/aromatic N) is 6. The van der Waals surface area contributed by atoms with Crippen LogP contribution >= 0.6 is 0 Å². The van der Waals surface area contributed by atoms with Crippen molar-refractivity contribution in [2.75, 3.05) is 41.8 Å². The number of aromatic nitrogens is 3. The number of rotatable bonds is 5. The Bertz CT molecular complexity index is 1510. The van der Waals surface area contributed by atoms with Crippen LogP contribution in [0.5, 0.6) is 0 Å². The molecule has 4 aromatic rings. The van der Waals surface area contributed by atoms with E-state index >= 15 is 0 Å². The molecule has 2 atom stereocenters. The van der Waals surface area contributed by atoms with E-state index in [2.05, 4.69) is 31.9 Å². The molecule has 190 valence electrons. The Balaban J connectivity index is 1.33. The molecule has 6 rings (SSSR count). The minimum absolute atomic E-state index is 0.0882. The summed E-state index contributed by atoms with van der Waals surface area (Å²) < 4.78 is 11.4. The first-order valence-corrected chi connectivity index (χ1v) is 12.2. The second-order valence-corrected chi connectivity index (χ2v) is 8.76. The highest BCUT2D eigenvalue weighted by Gasteiger charge is 2.28. The zero-order chi connectivity index (χ0) is 25.9. The average molecular weight is 509 g/mol. The molecule has 1 saturated heterocycles. The third-order valence-electron chi connectivity index (χ3n) is 6.33. The molecule has 0 bridgehead atoms. The molecule has 2 aliphatic rings. The Kier molecular flexibility index (Phi) is 6.39. The quantitative estimate of drug-likeness (QED) is 0.368. The first-order chi connectivity index (χ1) is 18.7. The summed E-state index contributed by atoms with van der Waals surface area (Å²) in [7, 11) is 0. The van der Waals surface area contributed by atoms with Gasteiger partial charge in [0.1, 0.15) is 17.6 Å². The van der Waals surface area contributed by atoms with Gasteiger partial charge in [0.15, 0.2) is 12.4 Å². The van der Waals surface area contributed by atoms with Crippen molar-refractivity contribution in [2.45, 2.75) is 12.4 Å². The SMILES string of the molecule is N#Cc1ccc(-c2nnc(N[C@H]3N=C(c4ccccc4)c4ccccc4NC3O)o2)c(N2CCOCC2)n1. The predicted molar refractivity (Wildman–Crippen MR) is 141 cm³/mol. The molecule has 3 N–H and O–H groups in total. The Morgan fingerprint density at radius 1 is 0.974 bits per heavy atom. The fraction of sp³-hybridized carbons (Fsp3) is 0.222. The number of nitriles is 1. The highest BCUT2D eigenvalue weighted by atomic mass is 16.5. The third-order valence-corrected chi connectivity index (χ3v) is 6.33. The number of benzene rings is 2. The molecule has 2 aromatic heterocycles. The first-order valence-electron chi connectivity index (χ1n) is 12.2. The number of ether oxygens (including phenoxy) is 1. The summed E-state index contributed by atoms with van der Waals surface area (Å²) in [4.78, 5) is 11.4. The van der Waals surface area contributed by atoms with E-state index in [4.69, 9.17) is 14.1 Å².